The molecule has 21 heavy (non-hydrogen) atoms. The Labute approximate surface area is 124 Å². The molecule has 2 heterocycles. The van der Waals surface area contributed by atoms with Crippen molar-refractivity contribution in [1.82, 2.24) is 14.3 Å². The number of sulfonamides is 1. The second kappa shape index (κ2) is 6.12. The number of ether oxygens (including phenoxy) is 1. The highest BCUT2D eigenvalue weighted by molar-refractivity contribution is 7.89. The zero-order chi connectivity index (χ0) is 15.6. The van der Waals surface area contributed by atoms with E-state index in [9.17, 15) is 8.42 Å². The van der Waals surface area contributed by atoms with Gasteiger partial charge in [-0.15, -0.1) is 0 Å². The van der Waals surface area contributed by atoms with Crippen LogP contribution in [0.25, 0.3) is 0 Å². The van der Waals surface area contributed by atoms with Crippen LogP contribution >= 0.6 is 0 Å². The van der Waals surface area contributed by atoms with Gasteiger partial charge in [-0.25, -0.2) is 17.7 Å². The monoisotopic (exact) mass is 315 g/mol. The number of nitrogens with one attached hydrogen (secondary N) is 1. The van der Waals surface area contributed by atoms with Crippen LogP contribution in [0.2, 0.25) is 0 Å². The number of aromatic nitrogens is 2. The van der Waals surface area contributed by atoms with Crippen LogP contribution in [-0.4, -0.2) is 61.8 Å². The van der Waals surface area contributed by atoms with Gasteiger partial charge in [-0.05, 0) is 6.92 Å². The van der Waals surface area contributed by atoms with Crippen LogP contribution in [0.1, 0.15) is 5.69 Å². The summed E-state index contributed by atoms with van der Waals surface area (Å²) in [5.41, 5.74) is 6.37. The van der Waals surface area contributed by atoms with E-state index in [0.29, 0.717) is 19.0 Å². The maximum Gasteiger partial charge on any atom is 0.222 e. The second-order valence-electron chi connectivity index (χ2n) is 5.36. The van der Waals surface area contributed by atoms with E-state index in [4.69, 9.17) is 10.5 Å². The number of nitrogens with two attached hydrogens (primary N) is 1. The lowest BCUT2D eigenvalue weighted by Crippen LogP contribution is -2.37. The van der Waals surface area contributed by atoms with Gasteiger partial charge < -0.3 is 15.8 Å². The zero-order valence-electron chi connectivity index (χ0n) is 12.4. The first-order chi connectivity index (χ1) is 9.78. The fourth-order valence-corrected chi connectivity index (χ4v) is 3.37. The minimum Gasteiger partial charge on any atom is -0.379 e. The highest BCUT2D eigenvalue weighted by atomic mass is 32.2. The smallest absolute Gasteiger partial charge is 0.222 e. The lowest BCUT2D eigenvalue weighted by Gasteiger charge is -2.21. The van der Waals surface area contributed by atoms with Gasteiger partial charge in [0.2, 0.25) is 16.0 Å². The van der Waals surface area contributed by atoms with Crippen molar-refractivity contribution < 1.29 is 13.2 Å². The van der Waals surface area contributed by atoms with Crippen LogP contribution in [-0.2, 0) is 14.8 Å². The third kappa shape index (κ3) is 4.02. The molecule has 1 aliphatic rings. The molecule has 118 valence electrons. The molecule has 0 radical (unpaired) electrons. The van der Waals surface area contributed by atoms with E-state index in [-0.39, 0.29) is 23.7 Å². The van der Waals surface area contributed by atoms with Gasteiger partial charge >= 0.3 is 0 Å². The number of hydrogen-bond donors (Lipinski definition) is 2. The molecule has 1 aromatic heterocycles. The van der Waals surface area contributed by atoms with Gasteiger partial charge in [0.1, 0.15) is 5.82 Å². The van der Waals surface area contributed by atoms with Crippen molar-refractivity contribution in [3.8, 4) is 0 Å². The van der Waals surface area contributed by atoms with E-state index < -0.39 is 10.0 Å². The van der Waals surface area contributed by atoms with Crippen molar-refractivity contribution in [2.24, 2.45) is 5.92 Å². The molecule has 3 N–H and O–H groups in total. The van der Waals surface area contributed by atoms with Gasteiger partial charge in [0.25, 0.3) is 0 Å². The van der Waals surface area contributed by atoms with Crippen molar-refractivity contribution in [1.29, 1.82) is 0 Å². The molecule has 1 fully saturated rings. The van der Waals surface area contributed by atoms with Crippen LogP contribution in [0.4, 0.5) is 11.8 Å². The lowest BCUT2D eigenvalue weighted by molar-refractivity contribution is 0.187. The van der Waals surface area contributed by atoms with Crippen molar-refractivity contribution in [3.63, 3.8) is 0 Å². The first-order valence-electron chi connectivity index (χ1n) is 6.63. The van der Waals surface area contributed by atoms with E-state index in [0.717, 1.165) is 5.69 Å². The summed E-state index contributed by atoms with van der Waals surface area (Å²) in [6.07, 6.45) is 0. The summed E-state index contributed by atoms with van der Waals surface area (Å²) in [5, 5.41) is 3.20. The summed E-state index contributed by atoms with van der Waals surface area (Å²) in [7, 11) is -0.208. The topological polar surface area (TPSA) is 110 Å². The van der Waals surface area contributed by atoms with Crippen molar-refractivity contribution in [3.05, 3.63) is 11.8 Å². The fraction of sp³-hybridized carbons (Fsp3) is 0.667. The van der Waals surface area contributed by atoms with Gasteiger partial charge in [0.15, 0.2) is 0 Å². The number of nitrogen functional groups attached to an aromatic ring is 1. The molecule has 0 unspecified atom stereocenters. The summed E-state index contributed by atoms with van der Waals surface area (Å²) in [6.45, 7) is 2.67. The Bertz CT molecular complexity index is 585. The third-order valence-electron chi connectivity index (χ3n) is 3.38. The van der Waals surface area contributed by atoms with Crippen LogP contribution in [0, 0.1) is 12.8 Å². The first-order valence-corrected chi connectivity index (χ1v) is 8.24. The largest absolute Gasteiger partial charge is 0.379 e. The minimum absolute atomic E-state index is 0.0389. The van der Waals surface area contributed by atoms with Crippen LogP contribution in [0.3, 0.4) is 0 Å². The van der Waals surface area contributed by atoms with Crippen LogP contribution in [0.5, 0.6) is 0 Å². The Kier molecular flexibility index (Phi) is 4.64. The average Bonchev–Trinajstić information content (AvgIpc) is 2.74. The maximum atomic E-state index is 12.0. The van der Waals surface area contributed by atoms with Gasteiger partial charge in [-0.3, -0.25) is 0 Å². The molecule has 2 rings (SSSR count). The van der Waals surface area contributed by atoms with Gasteiger partial charge in [-0.2, -0.15) is 4.98 Å². The molecule has 2 atom stereocenters. The van der Waals surface area contributed by atoms with Crippen molar-refractivity contribution in [2.45, 2.75) is 13.0 Å². The first kappa shape index (κ1) is 15.9. The van der Waals surface area contributed by atoms with E-state index in [2.05, 4.69) is 15.3 Å². The predicted octanol–water partition coefficient (Wildman–Crippen LogP) is -0.314. The predicted molar refractivity (Wildman–Crippen MR) is 80.4 cm³/mol. The number of rotatable bonds is 5. The second-order valence-corrected chi connectivity index (χ2v) is 7.59. The summed E-state index contributed by atoms with van der Waals surface area (Å²) in [6, 6.07) is 1.65. The van der Waals surface area contributed by atoms with E-state index in [1.165, 1.54) is 18.4 Å². The van der Waals surface area contributed by atoms with Crippen LogP contribution < -0.4 is 11.1 Å². The molecule has 1 saturated heterocycles. The molecule has 8 nitrogen and oxygen atoms in total. The average molecular weight is 315 g/mol. The van der Waals surface area contributed by atoms with E-state index in [1.54, 1.807) is 6.07 Å². The normalized spacial score (nSPS) is 22.7. The highest BCUT2D eigenvalue weighted by Crippen LogP contribution is 2.21. The summed E-state index contributed by atoms with van der Waals surface area (Å²) in [5.74, 6) is 0.683. The minimum atomic E-state index is -3.27. The highest BCUT2D eigenvalue weighted by Gasteiger charge is 2.33. The number of hydrogen-bond acceptors (Lipinski definition) is 7. The van der Waals surface area contributed by atoms with Gasteiger partial charge in [0, 0.05) is 31.8 Å². The third-order valence-corrected chi connectivity index (χ3v) is 5.35. The van der Waals surface area contributed by atoms with Gasteiger partial charge in [-0.1, -0.05) is 0 Å². The molecule has 0 bridgehead atoms. The Morgan fingerprint density at radius 3 is 2.76 bits per heavy atom. The van der Waals surface area contributed by atoms with Crippen molar-refractivity contribution in [2.75, 3.05) is 44.1 Å². The standard InChI is InChI=1S/C12H21N5O3S/c1-8-4-11(16-12(13)14-8)15-10-6-20-5-9(10)7-21(18,19)17(2)3/h4,9-10H,5-7H2,1-3H3,(H3,13,14,15,16)/t9-,10+/m0/s1. The lowest BCUT2D eigenvalue weighted by atomic mass is 10.1. The Balaban J connectivity index is 2.09. The molecule has 0 saturated carbocycles. The Morgan fingerprint density at radius 2 is 2.14 bits per heavy atom. The van der Waals surface area contributed by atoms with E-state index in [1.807, 2.05) is 6.92 Å². The van der Waals surface area contributed by atoms with E-state index >= 15 is 0 Å². The number of nitrogens with zero attached hydrogens (tertiary/aromatic N) is 3. The molecular formula is C12H21N5O3S. The molecular weight excluding hydrogens is 294 g/mol. The number of aryl methyl sites for hydroxylation is 1. The SMILES string of the molecule is Cc1cc(N[C@@H]2COC[C@H]2CS(=O)(=O)N(C)C)nc(N)n1. The molecule has 0 spiro atoms. The Morgan fingerprint density at radius 1 is 1.43 bits per heavy atom. The molecule has 1 aliphatic heterocycles. The number of anilines is 2. The molecule has 1 aromatic rings. The molecule has 0 amide bonds. The van der Waals surface area contributed by atoms with Crippen LogP contribution in [0.15, 0.2) is 6.07 Å². The molecule has 9 heteroatoms. The molecule has 0 aliphatic carbocycles. The zero-order valence-corrected chi connectivity index (χ0v) is 13.2. The Hall–Kier alpha value is -1.45. The van der Waals surface area contributed by atoms with Crippen molar-refractivity contribution >= 4 is 21.8 Å². The summed E-state index contributed by atoms with van der Waals surface area (Å²) < 4.78 is 30.6. The molecule has 0 aromatic carbocycles. The van der Waals surface area contributed by atoms with Gasteiger partial charge in [0.05, 0.1) is 25.0 Å². The fourth-order valence-electron chi connectivity index (χ4n) is 2.20. The quantitative estimate of drug-likeness (QED) is 0.766. The summed E-state index contributed by atoms with van der Waals surface area (Å²) in [4.78, 5) is 8.11. The maximum absolute atomic E-state index is 12.0. The summed E-state index contributed by atoms with van der Waals surface area (Å²) >= 11 is 0.